The second-order valence-electron chi connectivity index (χ2n) is 12.5. The molecule has 0 aromatic heterocycles. The van der Waals surface area contributed by atoms with Crippen LogP contribution in [0.4, 0.5) is 0 Å². The number of aliphatic hydroxyl groups is 1. The van der Waals surface area contributed by atoms with Gasteiger partial charge in [0, 0.05) is 29.1 Å². The van der Waals surface area contributed by atoms with Gasteiger partial charge in [-0.05, 0) is 118 Å². The highest BCUT2D eigenvalue weighted by Gasteiger charge is 2.41. The molecule has 1 spiro atoms. The zero-order valence-electron chi connectivity index (χ0n) is 24.4. The van der Waals surface area contributed by atoms with Gasteiger partial charge in [0.05, 0.1) is 18.0 Å². The number of allylic oxidation sites excluding steroid dienone is 1. The summed E-state index contributed by atoms with van der Waals surface area (Å²) in [5.41, 5.74) is 2.83. The zero-order valence-corrected chi connectivity index (χ0v) is 25.9. The van der Waals surface area contributed by atoms with Crippen molar-refractivity contribution in [3.63, 3.8) is 0 Å². The van der Waals surface area contributed by atoms with E-state index in [0.717, 1.165) is 50.2 Å². The molecule has 1 amide bonds. The number of hydrogen-bond donors (Lipinski definition) is 2. The molecule has 6 nitrogen and oxygen atoms in total. The molecular formula is C33H43ClN2O4S. The van der Waals surface area contributed by atoms with Crippen LogP contribution in [0.25, 0.3) is 0 Å². The van der Waals surface area contributed by atoms with Crippen molar-refractivity contribution in [1.29, 1.82) is 0 Å². The van der Waals surface area contributed by atoms with Gasteiger partial charge in [0.25, 0.3) is 5.91 Å². The summed E-state index contributed by atoms with van der Waals surface area (Å²) in [5, 5.41) is 11.5. The van der Waals surface area contributed by atoms with Crippen LogP contribution in [0.15, 0.2) is 54.6 Å². The van der Waals surface area contributed by atoms with Crippen molar-refractivity contribution in [2.45, 2.75) is 69.1 Å². The molecule has 2 heterocycles. The third-order valence-corrected chi connectivity index (χ3v) is 11.3. The second-order valence-corrected chi connectivity index (χ2v) is 14.5. The van der Waals surface area contributed by atoms with Crippen molar-refractivity contribution in [3.05, 3.63) is 76.3 Å². The lowest BCUT2D eigenvalue weighted by Gasteiger charge is -2.45. The van der Waals surface area contributed by atoms with E-state index in [1.54, 1.807) is 12.1 Å². The predicted octanol–water partition coefficient (Wildman–Crippen LogP) is 5.69. The zero-order chi connectivity index (χ0) is 29.1. The number of carbonyl (C=O) groups is 1. The molecule has 41 heavy (non-hydrogen) atoms. The largest absolute Gasteiger partial charge is 0.493 e. The number of nitrogens with zero attached hydrogens (tertiary/aromatic N) is 1. The normalized spacial score (nSPS) is 34.3. The summed E-state index contributed by atoms with van der Waals surface area (Å²) in [7, 11) is 0.666. The average molecular weight is 599 g/mol. The molecule has 7 atom stereocenters. The standard InChI is InChI=1S/C33H43ClN2O4S/c1-22-6-4-8-31(37)29-15-11-26(29)19-36(3)20-33(17-5-7-25-18-27(34)12-16-30(25)33)21-40-28-13-9-24(10-14-28)32(38)35-41(39)23(22)2/h4,8-10,12-14,16,18,22-23,26,29,31,37H,5-7,11,15,17,19-21H2,1-3H3,(H,35,38)/b8-4+/t22?,23?,26?,29?,31?,33-,41?/m0/s1. The Labute approximate surface area is 252 Å². The Bertz CT molecular complexity index is 1280. The molecule has 0 radical (unpaired) electrons. The van der Waals surface area contributed by atoms with Crippen LogP contribution in [0.2, 0.25) is 5.02 Å². The number of benzene rings is 2. The molecule has 6 rings (SSSR count). The number of halogens is 1. The van der Waals surface area contributed by atoms with Gasteiger partial charge in [0.2, 0.25) is 0 Å². The lowest BCUT2D eigenvalue weighted by atomic mass is 9.68. The van der Waals surface area contributed by atoms with Gasteiger partial charge >= 0.3 is 0 Å². The second kappa shape index (κ2) is 13.0. The number of rotatable bonds is 0. The Hall–Kier alpha value is -2.19. The molecule has 2 aliphatic heterocycles. The van der Waals surface area contributed by atoms with Crippen LogP contribution in [0, 0.1) is 17.8 Å². The monoisotopic (exact) mass is 598 g/mol. The van der Waals surface area contributed by atoms with Crippen molar-refractivity contribution in [1.82, 2.24) is 9.62 Å². The summed E-state index contributed by atoms with van der Waals surface area (Å²) in [6.07, 6.45) is 9.36. The summed E-state index contributed by atoms with van der Waals surface area (Å²) in [6, 6.07) is 13.4. The molecule has 2 aliphatic carbocycles. The Morgan fingerprint density at radius 1 is 1.15 bits per heavy atom. The molecule has 2 N–H and O–H groups in total. The van der Waals surface area contributed by atoms with E-state index in [-0.39, 0.29) is 28.4 Å². The van der Waals surface area contributed by atoms with Crippen LogP contribution in [0.5, 0.6) is 5.75 Å². The minimum absolute atomic E-state index is 0.0808. The predicted molar refractivity (Wildman–Crippen MR) is 166 cm³/mol. The van der Waals surface area contributed by atoms with Crippen LogP contribution in [-0.2, 0) is 22.8 Å². The lowest BCUT2D eigenvalue weighted by Crippen LogP contribution is -2.49. The number of aryl methyl sites for hydroxylation is 1. The van der Waals surface area contributed by atoms with Gasteiger partial charge in [-0.1, -0.05) is 36.7 Å². The van der Waals surface area contributed by atoms with Gasteiger partial charge in [-0.15, -0.1) is 0 Å². The highest BCUT2D eigenvalue weighted by molar-refractivity contribution is 7.84. The average Bonchev–Trinajstić information content (AvgIpc) is 2.93. The van der Waals surface area contributed by atoms with Gasteiger partial charge < -0.3 is 14.7 Å². The summed E-state index contributed by atoms with van der Waals surface area (Å²) in [5.74, 6) is 1.10. The molecule has 0 saturated heterocycles. The van der Waals surface area contributed by atoms with E-state index in [9.17, 15) is 14.1 Å². The molecule has 1 fully saturated rings. The minimum atomic E-state index is -1.52. The summed E-state index contributed by atoms with van der Waals surface area (Å²) < 4.78 is 22.0. The number of amides is 1. The fourth-order valence-electron chi connectivity index (χ4n) is 6.80. The fraction of sp³-hybridized carbons (Fsp3) is 0.545. The van der Waals surface area contributed by atoms with E-state index >= 15 is 0 Å². The van der Waals surface area contributed by atoms with Crippen molar-refractivity contribution in [2.75, 3.05) is 26.7 Å². The van der Waals surface area contributed by atoms with Crippen LogP contribution < -0.4 is 9.46 Å². The number of aliphatic hydroxyl groups excluding tert-OH is 1. The first-order valence-corrected chi connectivity index (χ1v) is 16.5. The SMILES string of the molecule is CC1C/C=C/C(O)C2CCC2CN(C)C[C@@]2(CCCc3cc(Cl)ccc32)COc2ccc(cc2)C(=O)NS(=O)C1C. The molecule has 2 aromatic carbocycles. The van der Waals surface area contributed by atoms with E-state index in [4.69, 9.17) is 16.3 Å². The number of fused-ring (bicyclic) bond motifs is 13. The van der Waals surface area contributed by atoms with Gasteiger partial charge in [-0.2, -0.15) is 0 Å². The Morgan fingerprint density at radius 2 is 1.93 bits per heavy atom. The molecule has 2 aromatic rings. The van der Waals surface area contributed by atoms with E-state index in [2.05, 4.69) is 28.8 Å². The third kappa shape index (κ3) is 6.90. The molecule has 2 bridgehead atoms. The molecular weight excluding hydrogens is 556 g/mol. The molecule has 222 valence electrons. The highest BCUT2D eigenvalue weighted by atomic mass is 35.5. The van der Waals surface area contributed by atoms with Crippen molar-refractivity contribution < 1.29 is 18.8 Å². The molecule has 1 saturated carbocycles. The van der Waals surface area contributed by atoms with Gasteiger partial charge in [-0.3, -0.25) is 9.52 Å². The fourth-order valence-corrected chi connectivity index (χ4v) is 8.01. The molecule has 8 heteroatoms. The third-order valence-electron chi connectivity index (χ3n) is 9.58. The highest BCUT2D eigenvalue weighted by Crippen LogP contribution is 2.42. The molecule has 4 aliphatic rings. The number of nitrogens with one attached hydrogen (secondary N) is 1. The van der Waals surface area contributed by atoms with Gasteiger partial charge in [0.15, 0.2) is 0 Å². The quantitative estimate of drug-likeness (QED) is 0.381. The first-order valence-electron chi connectivity index (χ1n) is 14.9. The Morgan fingerprint density at radius 3 is 2.66 bits per heavy atom. The minimum Gasteiger partial charge on any atom is -0.493 e. The van der Waals surface area contributed by atoms with Crippen LogP contribution in [0.3, 0.4) is 0 Å². The Kier molecular flexibility index (Phi) is 9.59. The van der Waals surface area contributed by atoms with E-state index in [0.29, 0.717) is 30.3 Å². The van der Waals surface area contributed by atoms with Gasteiger partial charge in [-0.25, -0.2) is 4.21 Å². The van der Waals surface area contributed by atoms with E-state index < -0.39 is 17.1 Å². The number of hydrogen-bond acceptors (Lipinski definition) is 5. The maximum absolute atomic E-state index is 12.9. The van der Waals surface area contributed by atoms with Crippen LogP contribution in [-0.4, -0.2) is 58.2 Å². The maximum Gasteiger partial charge on any atom is 0.262 e. The van der Waals surface area contributed by atoms with Crippen LogP contribution in [0.1, 0.15) is 67.4 Å². The van der Waals surface area contributed by atoms with Crippen molar-refractivity contribution >= 4 is 28.5 Å². The van der Waals surface area contributed by atoms with E-state index in [1.807, 2.05) is 44.2 Å². The molecule has 6 unspecified atom stereocenters. The summed E-state index contributed by atoms with van der Waals surface area (Å²) in [4.78, 5) is 15.3. The number of ether oxygens (including phenoxy) is 1. The maximum atomic E-state index is 12.9. The van der Waals surface area contributed by atoms with Crippen molar-refractivity contribution in [2.24, 2.45) is 17.8 Å². The number of carbonyl (C=O) groups excluding carboxylic acids is 1. The van der Waals surface area contributed by atoms with E-state index in [1.165, 1.54) is 11.1 Å². The van der Waals surface area contributed by atoms with Crippen molar-refractivity contribution in [3.8, 4) is 5.75 Å². The number of likely N-dealkylation sites (N-methyl/N-ethyl adjacent to an activating group) is 1. The first-order chi connectivity index (χ1) is 19.6. The smallest absolute Gasteiger partial charge is 0.262 e. The van der Waals surface area contributed by atoms with Gasteiger partial charge in [0.1, 0.15) is 16.7 Å². The summed E-state index contributed by atoms with van der Waals surface area (Å²) >= 11 is 6.39. The lowest BCUT2D eigenvalue weighted by molar-refractivity contribution is 0.0197. The topological polar surface area (TPSA) is 78.9 Å². The Balaban J connectivity index is 1.44. The summed E-state index contributed by atoms with van der Waals surface area (Å²) in [6.45, 7) is 6.20. The first kappa shape index (κ1) is 30.3. The van der Waals surface area contributed by atoms with Crippen LogP contribution >= 0.6 is 11.6 Å².